The minimum Gasteiger partial charge on any atom is -0.0587 e. The third kappa shape index (κ3) is 4.35. The van der Waals surface area contributed by atoms with Crippen molar-refractivity contribution < 1.29 is 0 Å². The van der Waals surface area contributed by atoms with Gasteiger partial charge in [-0.05, 0) is 91.7 Å². The highest BCUT2D eigenvalue weighted by molar-refractivity contribution is 6.21. The van der Waals surface area contributed by atoms with E-state index in [4.69, 9.17) is 0 Å². The minimum atomic E-state index is 0.0772. The lowest BCUT2D eigenvalue weighted by atomic mass is 9.79. The number of hydrogen-bond acceptors (Lipinski definition) is 0. The highest BCUT2D eigenvalue weighted by Gasteiger charge is 2.22. The number of benzene rings is 5. The summed E-state index contributed by atoms with van der Waals surface area (Å²) in [7, 11) is 0. The molecule has 0 saturated carbocycles. The van der Waals surface area contributed by atoms with E-state index < -0.39 is 0 Å². The van der Waals surface area contributed by atoms with Crippen LogP contribution in [0.2, 0.25) is 0 Å². The Labute approximate surface area is 217 Å². The van der Waals surface area contributed by atoms with Crippen molar-refractivity contribution in [2.45, 2.75) is 66.2 Å². The van der Waals surface area contributed by atoms with Gasteiger partial charge in [0.15, 0.2) is 0 Å². The second-order valence-corrected chi connectivity index (χ2v) is 12.5. The smallest absolute Gasteiger partial charge is 0.00263 e. The summed E-state index contributed by atoms with van der Waals surface area (Å²) in [6.45, 7) is 18.1. The SMILES string of the molecule is Cc1ccc(-c2c3ccc(C(C)(C)C)cc3c(-c3ccc(C)cc3)c3ccc(C(C)(C)C)cc23)cc1. The number of fused-ring (bicyclic) bond motifs is 2. The van der Waals surface area contributed by atoms with Crippen LogP contribution in [-0.4, -0.2) is 0 Å². The minimum absolute atomic E-state index is 0.0772. The normalized spacial score (nSPS) is 12.4. The van der Waals surface area contributed by atoms with E-state index in [1.54, 1.807) is 0 Å². The first-order valence-corrected chi connectivity index (χ1v) is 13.1. The van der Waals surface area contributed by atoms with E-state index >= 15 is 0 Å². The maximum atomic E-state index is 2.44. The van der Waals surface area contributed by atoms with E-state index in [0.717, 1.165) is 0 Å². The van der Waals surface area contributed by atoms with Crippen molar-refractivity contribution in [1.82, 2.24) is 0 Å². The summed E-state index contributed by atoms with van der Waals surface area (Å²) in [5, 5.41) is 5.30. The van der Waals surface area contributed by atoms with E-state index in [1.807, 2.05) is 0 Å². The molecule has 5 aromatic rings. The molecule has 0 unspecified atom stereocenters. The van der Waals surface area contributed by atoms with Gasteiger partial charge in [0.25, 0.3) is 0 Å². The monoisotopic (exact) mass is 470 g/mol. The summed E-state index contributed by atoms with van der Waals surface area (Å²) in [5.41, 5.74) is 10.7. The molecule has 0 nitrogen and oxygen atoms in total. The summed E-state index contributed by atoms with van der Waals surface area (Å²) >= 11 is 0. The summed E-state index contributed by atoms with van der Waals surface area (Å²) < 4.78 is 0. The molecular formula is C36H38. The predicted octanol–water partition coefficient (Wildman–Crippen LogP) is 10.5. The lowest BCUT2D eigenvalue weighted by Gasteiger charge is -2.25. The van der Waals surface area contributed by atoms with Gasteiger partial charge in [-0.1, -0.05) is 125 Å². The van der Waals surface area contributed by atoms with Crippen molar-refractivity contribution >= 4 is 21.5 Å². The van der Waals surface area contributed by atoms with Gasteiger partial charge in [0.2, 0.25) is 0 Å². The molecule has 0 heteroatoms. The van der Waals surface area contributed by atoms with Crippen LogP contribution in [-0.2, 0) is 10.8 Å². The lowest BCUT2D eigenvalue weighted by Crippen LogP contribution is -2.11. The average molecular weight is 471 g/mol. The molecule has 182 valence electrons. The van der Waals surface area contributed by atoms with Gasteiger partial charge in [-0.2, -0.15) is 0 Å². The maximum Gasteiger partial charge on any atom is -0.00263 e. The second-order valence-electron chi connectivity index (χ2n) is 12.5. The van der Waals surface area contributed by atoms with Gasteiger partial charge < -0.3 is 0 Å². The lowest BCUT2D eigenvalue weighted by molar-refractivity contribution is 0.590. The Morgan fingerprint density at radius 3 is 1.03 bits per heavy atom. The van der Waals surface area contributed by atoms with Crippen LogP contribution in [0.3, 0.4) is 0 Å². The third-order valence-electron chi connectivity index (χ3n) is 7.53. The highest BCUT2D eigenvalue weighted by atomic mass is 14.3. The molecule has 0 N–H and O–H groups in total. The second kappa shape index (κ2) is 8.63. The molecule has 0 aliphatic carbocycles. The fourth-order valence-corrected chi connectivity index (χ4v) is 5.22. The first-order valence-electron chi connectivity index (χ1n) is 13.1. The van der Waals surface area contributed by atoms with Crippen LogP contribution in [0.5, 0.6) is 0 Å². The van der Waals surface area contributed by atoms with Crippen molar-refractivity contribution in [2.24, 2.45) is 0 Å². The summed E-state index contributed by atoms with van der Waals surface area (Å²) in [6.07, 6.45) is 0. The van der Waals surface area contributed by atoms with Gasteiger partial charge in [0.05, 0.1) is 0 Å². The van der Waals surface area contributed by atoms with Crippen molar-refractivity contribution in [3.05, 3.63) is 107 Å². The standard InChI is InChI=1S/C36H38/c1-23-9-13-25(14-10-23)33-29-19-17-28(36(6,7)8)22-32(29)34(26-15-11-24(2)12-16-26)30-20-18-27(21-31(30)33)35(3,4)5/h9-22H,1-8H3. The largest absolute Gasteiger partial charge is 0.0587 e. The Morgan fingerprint density at radius 1 is 0.389 bits per heavy atom. The zero-order valence-electron chi connectivity index (χ0n) is 23.1. The first-order chi connectivity index (χ1) is 16.9. The molecule has 0 spiro atoms. The van der Waals surface area contributed by atoms with Crippen LogP contribution in [0.25, 0.3) is 43.8 Å². The molecule has 0 aliphatic rings. The molecule has 0 bridgehead atoms. The molecule has 5 aromatic carbocycles. The van der Waals surface area contributed by atoms with Crippen LogP contribution in [0.1, 0.15) is 63.8 Å². The zero-order chi connectivity index (χ0) is 25.8. The first kappa shape index (κ1) is 24.3. The van der Waals surface area contributed by atoms with Gasteiger partial charge in [0.1, 0.15) is 0 Å². The van der Waals surface area contributed by atoms with Crippen molar-refractivity contribution in [3.63, 3.8) is 0 Å². The summed E-state index contributed by atoms with van der Waals surface area (Å²) in [5.74, 6) is 0. The van der Waals surface area contributed by atoms with Crippen LogP contribution >= 0.6 is 0 Å². The zero-order valence-corrected chi connectivity index (χ0v) is 23.1. The van der Waals surface area contributed by atoms with Crippen molar-refractivity contribution in [2.75, 3.05) is 0 Å². The Morgan fingerprint density at radius 2 is 0.722 bits per heavy atom. The third-order valence-corrected chi connectivity index (χ3v) is 7.53. The molecule has 0 aliphatic heterocycles. The molecule has 0 heterocycles. The Hall–Kier alpha value is -3.38. The van der Waals surface area contributed by atoms with Crippen molar-refractivity contribution in [1.29, 1.82) is 0 Å². The maximum absolute atomic E-state index is 2.44. The molecular weight excluding hydrogens is 432 g/mol. The summed E-state index contributed by atoms with van der Waals surface area (Å²) in [4.78, 5) is 0. The number of aryl methyl sites for hydroxylation is 2. The number of hydrogen-bond donors (Lipinski definition) is 0. The fraction of sp³-hybridized carbons (Fsp3) is 0.278. The van der Waals surface area contributed by atoms with Crippen molar-refractivity contribution in [3.8, 4) is 22.3 Å². The fourth-order valence-electron chi connectivity index (χ4n) is 5.22. The van der Waals surface area contributed by atoms with Crippen LogP contribution in [0, 0.1) is 13.8 Å². The van der Waals surface area contributed by atoms with Crippen LogP contribution in [0.4, 0.5) is 0 Å². The van der Waals surface area contributed by atoms with E-state index in [-0.39, 0.29) is 10.8 Å². The Balaban J connectivity index is 2.01. The van der Waals surface area contributed by atoms with Gasteiger partial charge in [-0.3, -0.25) is 0 Å². The molecule has 0 radical (unpaired) electrons. The Kier molecular flexibility index (Phi) is 5.83. The number of rotatable bonds is 2. The molecule has 0 atom stereocenters. The molecule has 0 fully saturated rings. The van der Waals surface area contributed by atoms with Gasteiger partial charge >= 0.3 is 0 Å². The van der Waals surface area contributed by atoms with E-state index in [0.29, 0.717) is 0 Å². The van der Waals surface area contributed by atoms with E-state index in [9.17, 15) is 0 Å². The molecule has 0 saturated heterocycles. The van der Waals surface area contributed by atoms with E-state index in [1.165, 1.54) is 66.1 Å². The Bertz CT molecular complexity index is 1440. The van der Waals surface area contributed by atoms with Gasteiger partial charge in [0, 0.05) is 0 Å². The van der Waals surface area contributed by atoms with Gasteiger partial charge in [-0.15, -0.1) is 0 Å². The molecule has 5 rings (SSSR count). The average Bonchev–Trinajstić information content (AvgIpc) is 2.82. The van der Waals surface area contributed by atoms with E-state index in [2.05, 4.69) is 140 Å². The predicted molar refractivity (Wildman–Crippen MR) is 159 cm³/mol. The molecule has 36 heavy (non-hydrogen) atoms. The molecule has 0 amide bonds. The quantitative estimate of drug-likeness (QED) is 0.225. The topological polar surface area (TPSA) is 0 Å². The van der Waals surface area contributed by atoms with Gasteiger partial charge in [-0.25, -0.2) is 0 Å². The van der Waals surface area contributed by atoms with Crippen LogP contribution in [0.15, 0.2) is 84.9 Å². The summed E-state index contributed by atoms with van der Waals surface area (Å²) in [6, 6.07) is 32.4. The molecule has 0 aromatic heterocycles. The highest BCUT2D eigenvalue weighted by Crippen LogP contribution is 2.45. The van der Waals surface area contributed by atoms with Crippen LogP contribution < -0.4 is 0 Å².